The highest BCUT2D eigenvalue weighted by Crippen LogP contribution is 2.08. The molecule has 0 saturated heterocycles. The zero-order chi connectivity index (χ0) is 14.8. The Labute approximate surface area is 118 Å². The van der Waals surface area contributed by atoms with Crippen LogP contribution in [0.5, 0.6) is 0 Å². The highest BCUT2D eigenvalue weighted by atomic mass is 19.1. The van der Waals surface area contributed by atoms with E-state index in [4.69, 9.17) is 0 Å². The van der Waals surface area contributed by atoms with E-state index >= 15 is 0 Å². The molecule has 0 aliphatic heterocycles. The Kier molecular flexibility index (Phi) is 3.27. The van der Waals surface area contributed by atoms with Gasteiger partial charge in [0.25, 0.3) is 11.1 Å². The number of fused-ring (bicyclic) bond motifs is 1. The molecule has 0 aliphatic rings. The van der Waals surface area contributed by atoms with Crippen LogP contribution in [0.15, 0.2) is 58.1 Å². The van der Waals surface area contributed by atoms with E-state index in [9.17, 15) is 14.0 Å². The van der Waals surface area contributed by atoms with Gasteiger partial charge in [-0.1, -0.05) is 12.1 Å². The Morgan fingerprint density at radius 1 is 1.00 bits per heavy atom. The lowest BCUT2D eigenvalue weighted by Gasteiger charge is -2.09. The first-order valence-corrected chi connectivity index (χ1v) is 6.36. The molecule has 6 heteroatoms. The lowest BCUT2D eigenvalue weighted by atomic mass is 10.2. The highest BCUT2D eigenvalue weighted by Gasteiger charge is 2.06. The van der Waals surface area contributed by atoms with Crippen molar-refractivity contribution in [2.24, 2.45) is 0 Å². The molecular weight excluding hydrogens is 273 g/mol. The Morgan fingerprint density at radius 2 is 1.67 bits per heavy atom. The molecule has 5 nitrogen and oxygen atoms in total. The molecule has 1 aromatic heterocycles. The van der Waals surface area contributed by atoms with Gasteiger partial charge in [0, 0.05) is 5.69 Å². The number of nitrogens with one attached hydrogen (secondary N) is 2. The zero-order valence-electron chi connectivity index (χ0n) is 11.0. The first-order valence-electron chi connectivity index (χ1n) is 6.36. The molecular formula is C15H12FN3O2. The Bertz CT molecular complexity index is 897. The van der Waals surface area contributed by atoms with Gasteiger partial charge in [-0.15, -0.1) is 0 Å². The molecule has 2 N–H and O–H groups in total. The van der Waals surface area contributed by atoms with Crippen molar-refractivity contribution in [3.05, 3.63) is 75.1 Å². The molecule has 2 aromatic carbocycles. The van der Waals surface area contributed by atoms with Gasteiger partial charge in [-0.05, 0) is 36.4 Å². The molecule has 0 unspecified atom stereocenters. The fraction of sp³-hybridized carbons (Fsp3) is 0.0667. The monoisotopic (exact) mass is 285 g/mol. The maximum absolute atomic E-state index is 12.8. The molecule has 3 rings (SSSR count). The van der Waals surface area contributed by atoms with Crippen LogP contribution in [0.2, 0.25) is 0 Å². The maximum Gasteiger partial charge on any atom is 0.274 e. The predicted octanol–water partition coefficient (Wildman–Crippen LogP) is 1.90. The third-order valence-corrected chi connectivity index (χ3v) is 3.17. The number of aromatic amines is 1. The average Bonchev–Trinajstić information content (AvgIpc) is 2.51. The second kappa shape index (κ2) is 5.24. The summed E-state index contributed by atoms with van der Waals surface area (Å²) in [4.78, 5) is 24.2. The van der Waals surface area contributed by atoms with E-state index < -0.39 is 0 Å². The van der Waals surface area contributed by atoms with Gasteiger partial charge in [-0.25, -0.2) is 9.07 Å². The van der Waals surface area contributed by atoms with Crippen LogP contribution >= 0.6 is 0 Å². The summed E-state index contributed by atoms with van der Waals surface area (Å²) in [5, 5.41) is 6.18. The van der Waals surface area contributed by atoms with E-state index in [1.165, 1.54) is 16.8 Å². The lowest BCUT2D eigenvalue weighted by molar-refractivity contribution is 0.619. The van der Waals surface area contributed by atoms with Crippen molar-refractivity contribution in [3.63, 3.8) is 0 Å². The van der Waals surface area contributed by atoms with E-state index in [2.05, 4.69) is 10.4 Å². The van der Waals surface area contributed by atoms with Crippen molar-refractivity contribution in [3.8, 4) is 0 Å². The number of aromatic nitrogens is 2. The summed E-state index contributed by atoms with van der Waals surface area (Å²) in [6.45, 7) is 0.0878. The molecule has 3 aromatic rings. The summed E-state index contributed by atoms with van der Waals surface area (Å²) < 4.78 is 14.0. The number of hydrogen-bond donors (Lipinski definition) is 2. The van der Waals surface area contributed by atoms with E-state index in [1.54, 1.807) is 36.4 Å². The largest absolute Gasteiger partial charge is 0.366 e. The zero-order valence-corrected chi connectivity index (χ0v) is 11.0. The summed E-state index contributed by atoms with van der Waals surface area (Å²) >= 11 is 0. The van der Waals surface area contributed by atoms with Crippen LogP contribution in [0.1, 0.15) is 0 Å². The van der Waals surface area contributed by atoms with E-state index in [-0.39, 0.29) is 23.6 Å². The van der Waals surface area contributed by atoms with Gasteiger partial charge in [-0.3, -0.25) is 14.7 Å². The summed E-state index contributed by atoms with van der Waals surface area (Å²) in [7, 11) is 0. The summed E-state index contributed by atoms with van der Waals surface area (Å²) in [5.41, 5.74) is 0.0308. The molecule has 21 heavy (non-hydrogen) atoms. The molecule has 106 valence electrons. The van der Waals surface area contributed by atoms with Gasteiger partial charge < -0.3 is 5.32 Å². The molecule has 1 heterocycles. The van der Waals surface area contributed by atoms with Crippen LogP contribution in [-0.2, 0) is 6.67 Å². The molecule has 0 fully saturated rings. The minimum atomic E-state index is -0.336. The normalized spacial score (nSPS) is 10.7. The lowest BCUT2D eigenvalue weighted by Crippen LogP contribution is -2.32. The fourth-order valence-corrected chi connectivity index (χ4v) is 2.10. The molecule has 0 atom stereocenters. The predicted molar refractivity (Wildman–Crippen MR) is 78.9 cm³/mol. The maximum atomic E-state index is 12.8. The highest BCUT2D eigenvalue weighted by molar-refractivity contribution is 5.80. The van der Waals surface area contributed by atoms with Gasteiger partial charge in [0.05, 0.1) is 10.8 Å². The number of nitrogens with zero attached hydrogens (tertiary/aromatic N) is 1. The quantitative estimate of drug-likeness (QED) is 0.772. The van der Waals surface area contributed by atoms with Crippen molar-refractivity contribution >= 4 is 16.5 Å². The van der Waals surface area contributed by atoms with Gasteiger partial charge in [0.2, 0.25) is 0 Å². The average molecular weight is 285 g/mol. The van der Waals surface area contributed by atoms with Crippen LogP contribution in [-0.4, -0.2) is 9.78 Å². The number of anilines is 1. The first-order chi connectivity index (χ1) is 10.1. The SMILES string of the molecule is O=c1[nH]n(CNc2ccc(F)cc2)c(=O)c2ccccc12. The third-order valence-electron chi connectivity index (χ3n) is 3.17. The minimum Gasteiger partial charge on any atom is -0.366 e. The van der Waals surface area contributed by atoms with Gasteiger partial charge >= 0.3 is 0 Å². The molecule has 0 spiro atoms. The molecule has 0 bridgehead atoms. The van der Waals surface area contributed by atoms with Gasteiger partial charge in [0.15, 0.2) is 0 Å². The Morgan fingerprint density at radius 3 is 2.38 bits per heavy atom. The summed E-state index contributed by atoms with van der Waals surface area (Å²) in [6, 6.07) is 12.4. The van der Waals surface area contributed by atoms with Crippen LogP contribution in [0.25, 0.3) is 10.8 Å². The van der Waals surface area contributed by atoms with Crippen LogP contribution < -0.4 is 16.4 Å². The van der Waals surface area contributed by atoms with Gasteiger partial charge in [0.1, 0.15) is 12.5 Å². The minimum absolute atomic E-state index is 0.0878. The topological polar surface area (TPSA) is 66.9 Å². The molecule has 0 amide bonds. The van der Waals surface area contributed by atoms with Crippen molar-refractivity contribution in [2.45, 2.75) is 6.67 Å². The number of benzene rings is 2. The Hall–Kier alpha value is -2.89. The van der Waals surface area contributed by atoms with Crippen LogP contribution in [0, 0.1) is 5.82 Å². The second-order valence-corrected chi connectivity index (χ2v) is 4.56. The first kappa shape index (κ1) is 13.1. The smallest absolute Gasteiger partial charge is 0.274 e. The Balaban J connectivity index is 1.94. The van der Waals surface area contributed by atoms with E-state index in [0.717, 1.165) is 0 Å². The van der Waals surface area contributed by atoms with Crippen molar-refractivity contribution in [2.75, 3.05) is 5.32 Å². The van der Waals surface area contributed by atoms with Crippen molar-refractivity contribution in [1.82, 2.24) is 9.78 Å². The van der Waals surface area contributed by atoms with Crippen LogP contribution in [0.4, 0.5) is 10.1 Å². The molecule has 0 radical (unpaired) electrons. The van der Waals surface area contributed by atoms with Crippen molar-refractivity contribution in [1.29, 1.82) is 0 Å². The number of halogens is 1. The fourth-order valence-electron chi connectivity index (χ4n) is 2.10. The van der Waals surface area contributed by atoms with Gasteiger partial charge in [-0.2, -0.15) is 0 Å². The number of hydrogen-bond acceptors (Lipinski definition) is 3. The number of rotatable bonds is 3. The second-order valence-electron chi connectivity index (χ2n) is 4.56. The molecule has 0 aliphatic carbocycles. The number of H-pyrrole nitrogens is 1. The van der Waals surface area contributed by atoms with Crippen LogP contribution in [0.3, 0.4) is 0 Å². The molecule has 0 saturated carbocycles. The third kappa shape index (κ3) is 2.55. The standard InChI is InChI=1S/C15H12FN3O2/c16-10-5-7-11(8-6-10)17-9-19-15(21)13-4-2-1-3-12(13)14(20)18-19/h1-8,17H,9H2,(H,18,20). The van der Waals surface area contributed by atoms with Crippen molar-refractivity contribution < 1.29 is 4.39 Å². The summed E-state index contributed by atoms with van der Waals surface area (Å²) in [5.74, 6) is -0.336. The summed E-state index contributed by atoms with van der Waals surface area (Å²) in [6.07, 6.45) is 0. The van der Waals surface area contributed by atoms with E-state index in [1.807, 2.05) is 0 Å². The van der Waals surface area contributed by atoms with E-state index in [0.29, 0.717) is 16.5 Å².